The Bertz CT molecular complexity index is 1360. The minimum absolute atomic E-state index is 0.0261. The minimum atomic E-state index is -0.568. The lowest BCUT2D eigenvalue weighted by Crippen LogP contribution is -2.36. The van der Waals surface area contributed by atoms with Crippen LogP contribution in [-0.4, -0.2) is 50.2 Å². The van der Waals surface area contributed by atoms with Crippen LogP contribution in [0.3, 0.4) is 0 Å². The first-order valence-corrected chi connectivity index (χ1v) is 11.9. The van der Waals surface area contributed by atoms with Crippen molar-refractivity contribution in [1.82, 2.24) is 24.9 Å². The molecule has 34 heavy (non-hydrogen) atoms. The Morgan fingerprint density at radius 1 is 1.18 bits per heavy atom. The first-order valence-electron chi connectivity index (χ1n) is 10.7. The van der Waals surface area contributed by atoms with E-state index in [1.165, 1.54) is 11.8 Å². The lowest BCUT2D eigenvalue weighted by atomic mass is 10.1. The summed E-state index contributed by atoms with van der Waals surface area (Å²) in [6, 6.07) is 7.35. The molecular formula is C23H25N7O3S. The first kappa shape index (κ1) is 23.4. The van der Waals surface area contributed by atoms with Gasteiger partial charge in [0.2, 0.25) is 11.1 Å². The van der Waals surface area contributed by atoms with Gasteiger partial charge in [-0.05, 0) is 46.1 Å². The molecule has 1 aliphatic rings. The van der Waals surface area contributed by atoms with Crippen molar-refractivity contribution in [3.8, 4) is 0 Å². The van der Waals surface area contributed by atoms with Crippen LogP contribution in [-0.2, 0) is 20.7 Å². The third-order valence-electron chi connectivity index (χ3n) is 5.36. The van der Waals surface area contributed by atoms with Gasteiger partial charge in [0.25, 0.3) is 5.78 Å². The predicted molar refractivity (Wildman–Crippen MR) is 130 cm³/mol. The number of aryl methyl sites for hydroxylation is 2. The molecule has 0 saturated heterocycles. The van der Waals surface area contributed by atoms with Crippen LogP contribution < -0.4 is 10.6 Å². The number of allylic oxidation sites excluding steroid dienone is 1. The fourth-order valence-electron chi connectivity index (χ4n) is 3.71. The summed E-state index contributed by atoms with van der Waals surface area (Å²) in [6.07, 6.45) is 1.92. The molecule has 1 aromatic carbocycles. The fraction of sp³-hybridized carbons (Fsp3) is 0.304. The Hall–Kier alpha value is -3.73. The summed E-state index contributed by atoms with van der Waals surface area (Å²) in [6.45, 7) is 7.38. The van der Waals surface area contributed by atoms with Crippen molar-refractivity contribution in [2.45, 2.75) is 39.3 Å². The predicted octanol–water partition coefficient (Wildman–Crippen LogP) is 3.11. The smallest absolute Gasteiger partial charge is 0.343 e. The van der Waals surface area contributed by atoms with Gasteiger partial charge in [0.05, 0.1) is 24.4 Å². The van der Waals surface area contributed by atoms with E-state index in [-0.39, 0.29) is 30.3 Å². The van der Waals surface area contributed by atoms with E-state index < -0.39 is 5.97 Å². The molecule has 2 aromatic heterocycles. The van der Waals surface area contributed by atoms with Crippen LogP contribution in [0.15, 0.2) is 45.7 Å². The highest BCUT2D eigenvalue weighted by Gasteiger charge is 2.26. The summed E-state index contributed by atoms with van der Waals surface area (Å²) in [7, 11) is 0. The molecule has 0 atom stereocenters. The van der Waals surface area contributed by atoms with Crippen molar-refractivity contribution in [2.75, 3.05) is 18.2 Å². The number of hydrogen-bond donors (Lipinski definition) is 2. The van der Waals surface area contributed by atoms with E-state index in [9.17, 15) is 9.59 Å². The number of aliphatic imine (C=N–C) groups is 1. The number of carbonyl (C=O) groups excluding carboxylic acids is 2. The van der Waals surface area contributed by atoms with Crippen molar-refractivity contribution in [1.29, 1.82) is 0 Å². The quantitative estimate of drug-likeness (QED) is 0.423. The Labute approximate surface area is 200 Å². The molecule has 176 valence electrons. The van der Waals surface area contributed by atoms with Crippen LogP contribution in [0.2, 0.25) is 0 Å². The van der Waals surface area contributed by atoms with E-state index in [1.807, 2.05) is 38.3 Å². The van der Waals surface area contributed by atoms with Gasteiger partial charge in [-0.25, -0.2) is 19.3 Å². The molecule has 0 spiro atoms. The van der Waals surface area contributed by atoms with Crippen LogP contribution in [0.25, 0.3) is 5.78 Å². The average Bonchev–Trinajstić information content (AvgIpc) is 3.15. The molecule has 4 rings (SSSR count). The Kier molecular flexibility index (Phi) is 6.64. The van der Waals surface area contributed by atoms with Crippen LogP contribution in [0.5, 0.6) is 0 Å². The highest BCUT2D eigenvalue weighted by molar-refractivity contribution is 7.98. The summed E-state index contributed by atoms with van der Waals surface area (Å²) in [5.41, 5.74) is 4.22. The van der Waals surface area contributed by atoms with Crippen LogP contribution in [0.1, 0.15) is 30.8 Å². The summed E-state index contributed by atoms with van der Waals surface area (Å²) in [4.78, 5) is 39.4. The van der Waals surface area contributed by atoms with Gasteiger partial charge in [0.1, 0.15) is 11.4 Å². The molecule has 0 radical (unpaired) electrons. The number of benzene rings is 1. The number of amides is 1. The standard InChI is InChI=1S/C23H25N7O3S/c1-6-33-21(32)19-13(3)24-16-9-7-8-10-17(16)26-20(19)27-18(31)11-15-12(2)25-22-28-23(34-5)29-30(22)14(15)4/h7-10,24H,6,11H2,1-5H3,(H,26,27,31). The lowest BCUT2D eigenvalue weighted by molar-refractivity contribution is -0.137. The molecule has 0 aliphatic carbocycles. The van der Waals surface area contributed by atoms with E-state index in [1.54, 1.807) is 24.4 Å². The van der Waals surface area contributed by atoms with Gasteiger partial charge in [0.15, 0.2) is 0 Å². The van der Waals surface area contributed by atoms with Gasteiger partial charge in [-0.2, -0.15) is 4.98 Å². The zero-order chi connectivity index (χ0) is 24.4. The normalized spacial score (nSPS) is 13.1. The Balaban J connectivity index is 1.68. The Morgan fingerprint density at radius 2 is 1.94 bits per heavy atom. The number of hydrogen-bond acceptors (Lipinski definition) is 9. The van der Waals surface area contributed by atoms with E-state index >= 15 is 0 Å². The number of aromatic nitrogens is 4. The van der Waals surface area contributed by atoms with Crippen LogP contribution in [0, 0.1) is 13.8 Å². The van der Waals surface area contributed by atoms with Crippen LogP contribution >= 0.6 is 11.8 Å². The largest absolute Gasteiger partial charge is 0.462 e. The minimum Gasteiger partial charge on any atom is -0.462 e. The molecule has 11 heteroatoms. The molecule has 1 amide bonds. The number of ether oxygens (including phenoxy) is 1. The number of fused-ring (bicyclic) bond motifs is 2. The van der Waals surface area contributed by atoms with E-state index in [2.05, 4.69) is 30.7 Å². The molecule has 0 unspecified atom stereocenters. The van der Waals surface area contributed by atoms with Crippen molar-refractivity contribution < 1.29 is 14.3 Å². The van der Waals surface area contributed by atoms with Crippen molar-refractivity contribution in [3.63, 3.8) is 0 Å². The molecule has 2 N–H and O–H groups in total. The van der Waals surface area contributed by atoms with Gasteiger partial charge in [0, 0.05) is 22.6 Å². The van der Waals surface area contributed by atoms with Crippen LogP contribution in [0.4, 0.5) is 11.4 Å². The van der Waals surface area contributed by atoms with Gasteiger partial charge >= 0.3 is 5.97 Å². The molecule has 3 heterocycles. The molecule has 0 saturated carbocycles. The number of nitrogens with zero attached hydrogens (tertiary/aromatic N) is 5. The molecule has 0 bridgehead atoms. The van der Waals surface area contributed by atoms with Gasteiger partial charge in [-0.3, -0.25) is 4.79 Å². The number of amidine groups is 1. The van der Waals surface area contributed by atoms with Gasteiger partial charge in [-0.1, -0.05) is 23.9 Å². The highest BCUT2D eigenvalue weighted by Crippen LogP contribution is 2.30. The third-order valence-corrected chi connectivity index (χ3v) is 5.90. The van der Waals surface area contributed by atoms with Gasteiger partial charge in [-0.15, -0.1) is 5.10 Å². The first-order chi connectivity index (χ1) is 16.3. The molecule has 3 aromatic rings. The second-order valence-corrected chi connectivity index (χ2v) is 8.39. The van der Waals surface area contributed by atoms with E-state index in [0.717, 1.165) is 16.9 Å². The van der Waals surface area contributed by atoms with Crippen molar-refractivity contribution in [3.05, 3.63) is 52.5 Å². The second kappa shape index (κ2) is 9.64. The number of thioether (sulfide) groups is 1. The Morgan fingerprint density at radius 3 is 2.68 bits per heavy atom. The summed E-state index contributed by atoms with van der Waals surface area (Å²) in [5.74, 6) is -0.289. The maximum absolute atomic E-state index is 13.2. The zero-order valence-corrected chi connectivity index (χ0v) is 20.4. The zero-order valence-electron chi connectivity index (χ0n) is 19.6. The third kappa shape index (κ3) is 4.51. The number of esters is 1. The topological polar surface area (TPSA) is 123 Å². The van der Waals surface area contributed by atoms with Crippen molar-refractivity contribution >= 4 is 46.6 Å². The number of para-hydroxylation sites is 2. The number of nitrogens with one attached hydrogen (secondary N) is 2. The number of rotatable bonds is 5. The lowest BCUT2D eigenvalue weighted by Gasteiger charge is -2.14. The SMILES string of the molecule is CCOC(=O)C1=C(C)Nc2ccccc2N=C1NC(=O)Cc1c(C)nc2nc(SC)nn2c1C. The molecule has 1 aliphatic heterocycles. The summed E-state index contributed by atoms with van der Waals surface area (Å²) >= 11 is 1.42. The average molecular weight is 480 g/mol. The summed E-state index contributed by atoms with van der Waals surface area (Å²) in [5, 5.41) is 11.1. The number of carbonyl (C=O) groups is 2. The fourth-order valence-corrected chi connectivity index (χ4v) is 4.04. The second-order valence-electron chi connectivity index (χ2n) is 7.62. The molecular weight excluding hydrogens is 454 g/mol. The van der Waals surface area contributed by atoms with E-state index in [4.69, 9.17) is 4.74 Å². The molecule has 0 fully saturated rings. The van der Waals surface area contributed by atoms with Gasteiger partial charge < -0.3 is 15.4 Å². The summed E-state index contributed by atoms with van der Waals surface area (Å²) < 4.78 is 6.87. The molecule has 10 nitrogen and oxygen atoms in total. The highest BCUT2D eigenvalue weighted by atomic mass is 32.2. The maximum Gasteiger partial charge on any atom is 0.343 e. The van der Waals surface area contributed by atoms with Crippen molar-refractivity contribution in [2.24, 2.45) is 4.99 Å². The maximum atomic E-state index is 13.2. The number of anilines is 1. The monoisotopic (exact) mass is 479 g/mol. The van der Waals surface area contributed by atoms with E-state index in [0.29, 0.717) is 28.0 Å².